The predicted octanol–water partition coefficient (Wildman–Crippen LogP) is 1.98. The smallest absolute Gasteiger partial charge is 0.287 e. The molecule has 0 radical (unpaired) electrons. The zero-order valence-corrected chi connectivity index (χ0v) is 15.2. The minimum Gasteiger partial charge on any atom is -0.497 e. The lowest BCUT2D eigenvalue weighted by Gasteiger charge is -2.47. The molecule has 2 amide bonds. The molecule has 2 aromatic rings. The number of rotatable bonds is 5. The van der Waals surface area contributed by atoms with Gasteiger partial charge in [-0.15, -0.1) is 0 Å². The highest BCUT2D eigenvalue weighted by atomic mass is 16.5. The Balaban J connectivity index is 1.45. The van der Waals surface area contributed by atoms with Crippen molar-refractivity contribution in [2.24, 2.45) is 5.92 Å². The monoisotopic (exact) mass is 370 g/mol. The molecule has 2 fully saturated rings. The van der Waals surface area contributed by atoms with E-state index < -0.39 is 0 Å². The SMILES string of the molecule is COc1ccc(-c2ccc(C(=O)N[C@H]3[C@H]4CCO[C@H]4[C@@H]3NC(C)=O)o2)cc1. The fourth-order valence-electron chi connectivity index (χ4n) is 3.90. The zero-order valence-electron chi connectivity index (χ0n) is 15.2. The highest BCUT2D eigenvalue weighted by Gasteiger charge is 2.55. The van der Waals surface area contributed by atoms with Gasteiger partial charge in [-0.2, -0.15) is 0 Å². The molecule has 2 heterocycles. The van der Waals surface area contributed by atoms with Gasteiger partial charge in [-0.3, -0.25) is 9.59 Å². The van der Waals surface area contributed by atoms with Crippen molar-refractivity contribution < 1.29 is 23.5 Å². The number of hydrogen-bond acceptors (Lipinski definition) is 5. The summed E-state index contributed by atoms with van der Waals surface area (Å²) in [5, 5.41) is 5.87. The van der Waals surface area contributed by atoms with Crippen molar-refractivity contribution >= 4 is 11.8 Å². The second-order valence-electron chi connectivity index (χ2n) is 6.91. The van der Waals surface area contributed by atoms with E-state index in [9.17, 15) is 9.59 Å². The second-order valence-corrected chi connectivity index (χ2v) is 6.91. The van der Waals surface area contributed by atoms with E-state index in [4.69, 9.17) is 13.9 Å². The van der Waals surface area contributed by atoms with Gasteiger partial charge in [-0.25, -0.2) is 0 Å². The molecule has 7 heteroatoms. The molecule has 1 aromatic heterocycles. The van der Waals surface area contributed by atoms with Crippen molar-refractivity contribution in [1.82, 2.24) is 10.6 Å². The van der Waals surface area contributed by atoms with Crippen LogP contribution in [0.1, 0.15) is 23.9 Å². The third-order valence-corrected chi connectivity index (χ3v) is 5.26. The minimum absolute atomic E-state index is 0.0225. The van der Waals surface area contributed by atoms with Crippen molar-refractivity contribution in [2.45, 2.75) is 31.5 Å². The largest absolute Gasteiger partial charge is 0.497 e. The molecule has 1 aliphatic carbocycles. The van der Waals surface area contributed by atoms with E-state index in [2.05, 4.69) is 10.6 Å². The zero-order chi connectivity index (χ0) is 19.0. The first-order chi connectivity index (χ1) is 13.1. The van der Waals surface area contributed by atoms with Gasteiger partial charge in [-0.05, 0) is 42.8 Å². The van der Waals surface area contributed by atoms with Gasteiger partial charge in [0.05, 0.1) is 25.3 Å². The number of ether oxygens (including phenoxy) is 2. The van der Waals surface area contributed by atoms with Crippen molar-refractivity contribution in [3.05, 3.63) is 42.2 Å². The van der Waals surface area contributed by atoms with Gasteiger partial charge >= 0.3 is 0 Å². The Morgan fingerprint density at radius 2 is 1.85 bits per heavy atom. The Hall–Kier alpha value is -2.80. The Morgan fingerprint density at radius 3 is 2.56 bits per heavy atom. The van der Waals surface area contributed by atoms with Crippen LogP contribution in [0, 0.1) is 5.92 Å². The van der Waals surface area contributed by atoms with Crippen LogP contribution in [0.25, 0.3) is 11.3 Å². The number of carbonyl (C=O) groups excluding carboxylic acids is 2. The van der Waals surface area contributed by atoms with E-state index >= 15 is 0 Å². The third-order valence-electron chi connectivity index (χ3n) is 5.26. The van der Waals surface area contributed by atoms with Crippen LogP contribution in [0.15, 0.2) is 40.8 Å². The minimum atomic E-state index is -0.291. The number of methoxy groups -OCH3 is 1. The molecule has 1 saturated carbocycles. The summed E-state index contributed by atoms with van der Waals surface area (Å²) in [5.41, 5.74) is 0.860. The van der Waals surface area contributed by atoms with Gasteiger partial charge in [0.2, 0.25) is 5.91 Å². The highest BCUT2D eigenvalue weighted by molar-refractivity contribution is 5.92. The average Bonchev–Trinajstić information content (AvgIpc) is 3.32. The lowest BCUT2D eigenvalue weighted by Crippen LogP contribution is -2.70. The van der Waals surface area contributed by atoms with Gasteiger partial charge in [0, 0.05) is 25.0 Å². The predicted molar refractivity (Wildman–Crippen MR) is 97.4 cm³/mol. The summed E-state index contributed by atoms with van der Waals surface area (Å²) in [6.07, 6.45) is 0.853. The van der Waals surface area contributed by atoms with Crippen molar-refractivity contribution in [3.8, 4) is 17.1 Å². The van der Waals surface area contributed by atoms with Crippen LogP contribution < -0.4 is 15.4 Å². The van der Waals surface area contributed by atoms with Gasteiger partial charge in [0.25, 0.3) is 5.91 Å². The molecular formula is C20H22N2O5. The number of nitrogens with one attached hydrogen (secondary N) is 2. The lowest BCUT2D eigenvalue weighted by molar-refractivity contribution is -0.124. The molecule has 0 unspecified atom stereocenters. The number of hydrogen-bond donors (Lipinski definition) is 2. The van der Waals surface area contributed by atoms with E-state index in [1.54, 1.807) is 19.2 Å². The summed E-state index contributed by atoms with van der Waals surface area (Å²) in [7, 11) is 1.61. The summed E-state index contributed by atoms with van der Waals surface area (Å²) in [6, 6.07) is 10.5. The number of carbonyl (C=O) groups is 2. The molecule has 2 N–H and O–H groups in total. The fraction of sp³-hybridized carbons (Fsp3) is 0.400. The van der Waals surface area contributed by atoms with Crippen LogP contribution >= 0.6 is 0 Å². The van der Waals surface area contributed by atoms with Gasteiger partial charge in [0.15, 0.2) is 5.76 Å². The standard InChI is InChI=1S/C20H22N2O5/c1-11(23)21-18-17(14-9-10-26-19(14)18)22-20(24)16-8-7-15(27-16)12-3-5-13(25-2)6-4-12/h3-8,14,17-19H,9-10H2,1-2H3,(H,21,23)(H,22,24)/t14-,17+,18-,19-/m1/s1. The third kappa shape index (κ3) is 3.30. The van der Waals surface area contributed by atoms with Gasteiger partial charge < -0.3 is 24.5 Å². The first-order valence-corrected chi connectivity index (χ1v) is 9.00. The number of fused-ring (bicyclic) bond motifs is 1. The van der Waals surface area contributed by atoms with Crippen molar-refractivity contribution in [2.75, 3.05) is 13.7 Å². The van der Waals surface area contributed by atoms with E-state index in [1.165, 1.54) is 6.92 Å². The molecule has 0 bridgehead atoms. The van der Waals surface area contributed by atoms with Gasteiger partial charge in [-0.1, -0.05) is 0 Å². The van der Waals surface area contributed by atoms with E-state index in [-0.39, 0.29) is 41.7 Å². The highest BCUT2D eigenvalue weighted by Crippen LogP contribution is 2.39. The van der Waals surface area contributed by atoms with Crippen LogP contribution in [0.2, 0.25) is 0 Å². The van der Waals surface area contributed by atoms with E-state index in [0.29, 0.717) is 12.4 Å². The molecule has 2 aliphatic rings. The van der Waals surface area contributed by atoms with Crippen LogP contribution in [-0.2, 0) is 9.53 Å². The Kier molecular flexibility index (Phi) is 4.61. The maximum atomic E-state index is 12.6. The molecule has 1 aliphatic heterocycles. The van der Waals surface area contributed by atoms with Crippen molar-refractivity contribution in [1.29, 1.82) is 0 Å². The summed E-state index contributed by atoms with van der Waals surface area (Å²) in [4.78, 5) is 24.1. The maximum absolute atomic E-state index is 12.6. The van der Waals surface area contributed by atoms with Crippen LogP contribution in [-0.4, -0.2) is 43.7 Å². The Labute approximate surface area is 157 Å². The normalized spacial score (nSPS) is 26.0. The van der Waals surface area contributed by atoms with E-state index in [1.807, 2.05) is 24.3 Å². The first kappa shape index (κ1) is 17.6. The number of furan rings is 1. The summed E-state index contributed by atoms with van der Waals surface area (Å²) >= 11 is 0. The number of benzene rings is 1. The van der Waals surface area contributed by atoms with Crippen LogP contribution in [0.4, 0.5) is 0 Å². The van der Waals surface area contributed by atoms with Crippen LogP contribution in [0.3, 0.4) is 0 Å². The molecule has 1 saturated heterocycles. The summed E-state index contributed by atoms with van der Waals surface area (Å²) < 4.78 is 16.5. The topological polar surface area (TPSA) is 89.8 Å². The molecule has 0 spiro atoms. The molecule has 4 atom stereocenters. The quantitative estimate of drug-likeness (QED) is 0.840. The number of amides is 2. The molecule has 1 aromatic carbocycles. The van der Waals surface area contributed by atoms with Crippen molar-refractivity contribution in [3.63, 3.8) is 0 Å². The van der Waals surface area contributed by atoms with Crippen LogP contribution in [0.5, 0.6) is 5.75 Å². The Morgan fingerprint density at radius 1 is 1.07 bits per heavy atom. The molecule has 27 heavy (non-hydrogen) atoms. The summed E-state index contributed by atoms with van der Waals surface area (Å²) in [5.74, 6) is 1.41. The molecule has 7 nitrogen and oxygen atoms in total. The molecule has 4 rings (SSSR count). The fourth-order valence-corrected chi connectivity index (χ4v) is 3.90. The lowest BCUT2D eigenvalue weighted by atomic mass is 9.71. The van der Waals surface area contributed by atoms with Gasteiger partial charge in [0.1, 0.15) is 11.5 Å². The summed E-state index contributed by atoms with van der Waals surface area (Å²) in [6.45, 7) is 2.12. The molecule has 142 valence electrons. The first-order valence-electron chi connectivity index (χ1n) is 9.00. The Bertz CT molecular complexity index is 844. The maximum Gasteiger partial charge on any atom is 0.287 e. The average molecular weight is 370 g/mol. The van der Waals surface area contributed by atoms with E-state index in [0.717, 1.165) is 17.7 Å². The molecular weight excluding hydrogens is 348 g/mol. The second kappa shape index (κ2) is 7.08.